The van der Waals surface area contributed by atoms with Gasteiger partial charge in [0.15, 0.2) is 0 Å². The molecule has 8 heteroatoms. The molecule has 0 radical (unpaired) electrons. The normalized spacial score (nSPS) is 21.0. The maximum Gasteiger partial charge on any atom is 0.322 e. The van der Waals surface area contributed by atoms with E-state index in [0.717, 1.165) is 6.54 Å². The average Bonchev–Trinajstić information content (AvgIpc) is 2.93. The number of halogens is 2. The predicted molar refractivity (Wildman–Crippen MR) is 92.8 cm³/mol. The predicted octanol–water partition coefficient (Wildman–Crippen LogP) is 1.73. The molecule has 2 fully saturated rings. The number of anilines is 1. The summed E-state index contributed by atoms with van der Waals surface area (Å²) in [6.07, 6.45) is 0. The van der Waals surface area contributed by atoms with Gasteiger partial charge >= 0.3 is 6.03 Å². The number of carbonyl (C=O) groups is 2. The quantitative estimate of drug-likeness (QED) is 0.845. The Morgan fingerprint density at radius 2 is 2.09 bits per heavy atom. The summed E-state index contributed by atoms with van der Waals surface area (Å²) in [5.41, 5.74) is 1.15. The maximum atomic E-state index is 12.6. The van der Waals surface area contributed by atoms with Gasteiger partial charge in [-0.3, -0.25) is 9.69 Å². The third kappa shape index (κ3) is 3.71. The van der Waals surface area contributed by atoms with Crippen molar-refractivity contribution in [3.63, 3.8) is 0 Å². The van der Waals surface area contributed by atoms with E-state index < -0.39 is 0 Å². The Hall–Kier alpha value is -1.50. The molecule has 2 aliphatic rings. The van der Waals surface area contributed by atoms with Crippen LogP contribution in [0.2, 0.25) is 5.02 Å². The smallest absolute Gasteiger partial charge is 0.322 e. The van der Waals surface area contributed by atoms with Crippen molar-refractivity contribution in [3.8, 4) is 0 Å². The summed E-state index contributed by atoms with van der Waals surface area (Å²) in [5.74, 6) is -0.0223. The molecule has 3 amide bonds. The number of rotatable bonds is 2. The van der Waals surface area contributed by atoms with E-state index in [-0.39, 0.29) is 30.4 Å². The molecule has 23 heavy (non-hydrogen) atoms. The van der Waals surface area contributed by atoms with Crippen molar-refractivity contribution >= 4 is 41.6 Å². The molecule has 0 aliphatic carbocycles. The number of nitrogens with zero attached hydrogens (tertiary/aromatic N) is 2. The fraction of sp³-hybridized carbons (Fsp3) is 0.467. The number of benzene rings is 1. The average molecular weight is 359 g/mol. The summed E-state index contributed by atoms with van der Waals surface area (Å²) in [5, 5.41) is 6.53. The first-order valence-corrected chi connectivity index (χ1v) is 7.81. The van der Waals surface area contributed by atoms with E-state index in [1.165, 1.54) is 0 Å². The molecule has 2 saturated heterocycles. The molecule has 2 aliphatic heterocycles. The minimum absolute atomic E-state index is 0. The first-order valence-electron chi connectivity index (χ1n) is 7.44. The Bertz CT molecular complexity index is 611. The number of hydrogen-bond acceptors (Lipinski definition) is 3. The largest absolute Gasteiger partial charge is 0.336 e. The number of hydrogen-bond donors (Lipinski definition) is 2. The van der Waals surface area contributed by atoms with Crippen LogP contribution in [0.4, 0.5) is 10.5 Å². The summed E-state index contributed by atoms with van der Waals surface area (Å²) in [7, 11) is 0. The Balaban J connectivity index is 0.00000192. The second-order valence-corrected chi connectivity index (χ2v) is 6.06. The molecule has 126 valence electrons. The van der Waals surface area contributed by atoms with Crippen LogP contribution in [0.15, 0.2) is 18.2 Å². The zero-order valence-corrected chi connectivity index (χ0v) is 14.4. The Kier molecular flexibility index (Phi) is 5.73. The highest BCUT2D eigenvalue weighted by Gasteiger charge is 2.26. The van der Waals surface area contributed by atoms with E-state index >= 15 is 0 Å². The molecule has 2 heterocycles. The summed E-state index contributed by atoms with van der Waals surface area (Å²) in [4.78, 5) is 27.8. The molecule has 2 N–H and O–H groups in total. The van der Waals surface area contributed by atoms with Gasteiger partial charge < -0.3 is 15.5 Å². The van der Waals surface area contributed by atoms with Crippen molar-refractivity contribution in [3.05, 3.63) is 28.8 Å². The summed E-state index contributed by atoms with van der Waals surface area (Å²) >= 11 is 6.20. The molecule has 0 aromatic heterocycles. The Morgan fingerprint density at radius 3 is 2.74 bits per heavy atom. The molecule has 1 aromatic carbocycles. The standard InChI is InChI=1S/C15H19ClN4O2.ClH/c1-10-9-19(6-4-17-10)14(21)11-2-3-12(16)13(8-11)20-7-5-18-15(20)22;/h2-3,8,10,17H,4-7,9H2,1H3,(H,18,22);1H. The van der Waals surface area contributed by atoms with E-state index in [0.29, 0.717) is 42.5 Å². The zero-order chi connectivity index (χ0) is 15.7. The van der Waals surface area contributed by atoms with Gasteiger partial charge in [-0.15, -0.1) is 12.4 Å². The van der Waals surface area contributed by atoms with Crippen LogP contribution >= 0.6 is 24.0 Å². The fourth-order valence-electron chi connectivity index (χ4n) is 2.85. The number of carbonyl (C=O) groups excluding carboxylic acids is 2. The van der Waals surface area contributed by atoms with Gasteiger partial charge in [-0.1, -0.05) is 11.6 Å². The number of amides is 3. The lowest BCUT2D eigenvalue weighted by atomic mass is 10.1. The molecule has 0 saturated carbocycles. The molecular formula is C15H20Cl2N4O2. The fourth-order valence-corrected chi connectivity index (χ4v) is 3.07. The van der Waals surface area contributed by atoms with Crippen LogP contribution < -0.4 is 15.5 Å². The topological polar surface area (TPSA) is 64.7 Å². The van der Waals surface area contributed by atoms with Crippen molar-refractivity contribution in [2.24, 2.45) is 0 Å². The summed E-state index contributed by atoms with van der Waals surface area (Å²) < 4.78 is 0. The lowest BCUT2D eigenvalue weighted by molar-refractivity contribution is 0.0709. The van der Waals surface area contributed by atoms with Crippen molar-refractivity contribution in [1.29, 1.82) is 0 Å². The third-order valence-electron chi connectivity index (χ3n) is 4.00. The van der Waals surface area contributed by atoms with Crippen LogP contribution in [0.25, 0.3) is 0 Å². The van der Waals surface area contributed by atoms with Crippen LogP contribution in [0.3, 0.4) is 0 Å². The van der Waals surface area contributed by atoms with Crippen molar-refractivity contribution in [1.82, 2.24) is 15.5 Å². The Labute approximate surface area is 146 Å². The second kappa shape index (κ2) is 7.38. The summed E-state index contributed by atoms with van der Waals surface area (Å²) in [6, 6.07) is 5.22. The van der Waals surface area contributed by atoms with Gasteiger partial charge in [-0.25, -0.2) is 4.79 Å². The van der Waals surface area contributed by atoms with E-state index in [1.54, 1.807) is 23.1 Å². The van der Waals surface area contributed by atoms with E-state index in [4.69, 9.17) is 11.6 Å². The van der Waals surface area contributed by atoms with Gasteiger partial charge in [0.2, 0.25) is 0 Å². The van der Waals surface area contributed by atoms with Crippen molar-refractivity contribution < 1.29 is 9.59 Å². The van der Waals surface area contributed by atoms with Gasteiger partial charge in [0.1, 0.15) is 0 Å². The monoisotopic (exact) mass is 358 g/mol. The Morgan fingerprint density at radius 1 is 1.30 bits per heavy atom. The van der Waals surface area contributed by atoms with Gasteiger partial charge in [0, 0.05) is 44.3 Å². The highest BCUT2D eigenvalue weighted by molar-refractivity contribution is 6.34. The van der Waals surface area contributed by atoms with E-state index in [2.05, 4.69) is 17.6 Å². The first-order chi connectivity index (χ1) is 10.6. The molecule has 1 aromatic rings. The van der Waals surface area contributed by atoms with E-state index in [9.17, 15) is 9.59 Å². The van der Waals surface area contributed by atoms with E-state index in [1.807, 2.05) is 4.90 Å². The minimum Gasteiger partial charge on any atom is -0.336 e. The number of nitrogens with one attached hydrogen (secondary N) is 2. The molecule has 1 atom stereocenters. The van der Waals surface area contributed by atoms with Crippen LogP contribution in [-0.2, 0) is 0 Å². The highest BCUT2D eigenvalue weighted by atomic mass is 35.5. The van der Waals surface area contributed by atoms with Gasteiger partial charge in [0.25, 0.3) is 5.91 Å². The van der Waals surface area contributed by atoms with Crippen LogP contribution in [0.1, 0.15) is 17.3 Å². The SMILES string of the molecule is CC1CN(C(=O)c2ccc(Cl)c(N3CCNC3=O)c2)CCN1.Cl. The zero-order valence-electron chi connectivity index (χ0n) is 12.8. The maximum absolute atomic E-state index is 12.6. The third-order valence-corrected chi connectivity index (χ3v) is 4.32. The minimum atomic E-state index is -0.178. The van der Waals surface area contributed by atoms with Crippen LogP contribution in [0, 0.1) is 0 Å². The lowest BCUT2D eigenvalue weighted by Crippen LogP contribution is -2.51. The highest BCUT2D eigenvalue weighted by Crippen LogP contribution is 2.28. The molecule has 3 rings (SSSR count). The summed E-state index contributed by atoms with van der Waals surface area (Å²) in [6.45, 7) is 5.36. The van der Waals surface area contributed by atoms with Gasteiger partial charge in [-0.05, 0) is 25.1 Å². The molecule has 1 unspecified atom stereocenters. The van der Waals surface area contributed by atoms with Crippen molar-refractivity contribution in [2.45, 2.75) is 13.0 Å². The number of piperazine rings is 1. The number of urea groups is 1. The van der Waals surface area contributed by atoms with Crippen molar-refractivity contribution in [2.75, 3.05) is 37.6 Å². The molecule has 0 bridgehead atoms. The van der Waals surface area contributed by atoms with Crippen LogP contribution in [-0.4, -0.2) is 55.6 Å². The van der Waals surface area contributed by atoms with Gasteiger partial charge in [-0.2, -0.15) is 0 Å². The first kappa shape index (κ1) is 17.8. The van der Waals surface area contributed by atoms with Gasteiger partial charge in [0.05, 0.1) is 10.7 Å². The lowest BCUT2D eigenvalue weighted by Gasteiger charge is -2.32. The second-order valence-electron chi connectivity index (χ2n) is 5.66. The molecule has 6 nitrogen and oxygen atoms in total. The van der Waals surface area contributed by atoms with Crippen LogP contribution in [0.5, 0.6) is 0 Å². The molecule has 0 spiro atoms. The molecular weight excluding hydrogens is 339 g/mol.